The highest BCUT2D eigenvalue weighted by atomic mass is 16.1. The molecule has 108 valence electrons. The van der Waals surface area contributed by atoms with E-state index < -0.39 is 0 Å². The van der Waals surface area contributed by atoms with Gasteiger partial charge in [0.1, 0.15) is 0 Å². The molecule has 0 spiro atoms. The Bertz CT molecular complexity index is 197. The second-order valence-corrected chi connectivity index (χ2v) is 4.74. The van der Waals surface area contributed by atoms with Crippen LogP contribution in [0.2, 0.25) is 0 Å². The van der Waals surface area contributed by atoms with Crippen molar-refractivity contribution < 1.29 is 4.79 Å². The monoisotopic (exact) mass is 257 g/mol. The first kappa shape index (κ1) is 17.4. The molecule has 0 fully saturated rings. The minimum atomic E-state index is 0.190. The van der Waals surface area contributed by atoms with Gasteiger partial charge < -0.3 is 16.0 Å². The van der Waals surface area contributed by atoms with E-state index in [-0.39, 0.29) is 5.91 Å². The molecule has 0 aliphatic carbocycles. The number of hydrogen-bond acceptors (Lipinski definition) is 3. The zero-order valence-corrected chi connectivity index (χ0v) is 12.2. The number of hydrogen-bond donors (Lipinski definition) is 2. The molecular weight excluding hydrogens is 226 g/mol. The molecule has 3 N–H and O–H groups in total. The van der Waals surface area contributed by atoms with Gasteiger partial charge in [-0.05, 0) is 38.9 Å². The average molecular weight is 257 g/mol. The molecule has 0 saturated carbocycles. The molecule has 1 amide bonds. The summed E-state index contributed by atoms with van der Waals surface area (Å²) in [7, 11) is 0. The number of likely N-dealkylation sites (N-methyl/N-ethyl adjacent to an activating group) is 1. The maximum absolute atomic E-state index is 11.5. The Balaban J connectivity index is 3.40. The number of nitrogens with one attached hydrogen (secondary N) is 1. The van der Waals surface area contributed by atoms with Gasteiger partial charge in [-0.1, -0.05) is 26.7 Å². The molecule has 0 unspecified atom stereocenters. The molecule has 0 radical (unpaired) electrons. The first-order valence-electron chi connectivity index (χ1n) is 7.43. The summed E-state index contributed by atoms with van der Waals surface area (Å²) in [5, 5.41) is 2.99. The van der Waals surface area contributed by atoms with Gasteiger partial charge in [0.25, 0.3) is 0 Å². The summed E-state index contributed by atoms with van der Waals surface area (Å²) >= 11 is 0. The maximum Gasteiger partial charge on any atom is 0.220 e. The van der Waals surface area contributed by atoms with Gasteiger partial charge in [0.2, 0.25) is 5.91 Å². The van der Waals surface area contributed by atoms with E-state index in [4.69, 9.17) is 5.73 Å². The van der Waals surface area contributed by atoms with E-state index in [2.05, 4.69) is 24.1 Å². The fourth-order valence-electron chi connectivity index (χ4n) is 1.97. The molecule has 0 heterocycles. The van der Waals surface area contributed by atoms with Crippen molar-refractivity contribution >= 4 is 5.91 Å². The van der Waals surface area contributed by atoms with E-state index in [0.717, 1.165) is 58.4 Å². The van der Waals surface area contributed by atoms with Crippen LogP contribution in [0.1, 0.15) is 52.4 Å². The average Bonchev–Trinajstić information content (AvgIpc) is 2.37. The number of unbranched alkanes of at least 4 members (excludes halogenated alkanes) is 3. The first-order chi connectivity index (χ1) is 8.74. The van der Waals surface area contributed by atoms with Gasteiger partial charge in [-0.15, -0.1) is 0 Å². The molecular formula is C14H31N3O. The lowest BCUT2D eigenvalue weighted by Crippen LogP contribution is -2.35. The number of rotatable bonds is 12. The molecule has 4 heteroatoms. The number of carbonyl (C=O) groups is 1. The van der Waals surface area contributed by atoms with Crippen molar-refractivity contribution in [2.75, 3.05) is 32.7 Å². The predicted molar refractivity (Wildman–Crippen MR) is 77.6 cm³/mol. The molecule has 0 atom stereocenters. The maximum atomic E-state index is 11.5. The van der Waals surface area contributed by atoms with Crippen molar-refractivity contribution in [2.24, 2.45) is 5.73 Å². The molecule has 0 aliphatic rings. The standard InChI is InChI=1S/C14H31N3O/c1-3-12-17(4-2)13-11-16-14(18)9-7-5-6-8-10-15/h3-13,15H2,1-2H3,(H,16,18). The summed E-state index contributed by atoms with van der Waals surface area (Å²) in [4.78, 5) is 13.9. The molecule has 0 aliphatic heterocycles. The van der Waals surface area contributed by atoms with Crippen molar-refractivity contribution in [3.05, 3.63) is 0 Å². The Morgan fingerprint density at radius 2 is 1.83 bits per heavy atom. The van der Waals surface area contributed by atoms with Gasteiger partial charge in [-0.25, -0.2) is 0 Å². The van der Waals surface area contributed by atoms with Crippen LogP contribution in [0.15, 0.2) is 0 Å². The number of nitrogens with two attached hydrogens (primary N) is 1. The van der Waals surface area contributed by atoms with E-state index in [0.29, 0.717) is 6.42 Å². The van der Waals surface area contributed by atoms with Gasteiger partial charge in [-0.3, -0.25) is 4.79 Å². The third kappa shape index (κ3) is 10.5. The SMILES string of the molecule is CCCN(CC)CCNC(=O)CCCCCCN. The number of carbonyl (C=O) groups excluding carboxylic acids is 1. The van der Waals surface area contributed by atoms with Crippen LogP contribution >= 0.6 is 0 Å². The van der Waals surface area contributed by atoms with E-state index >= 15 is 0 Å². The third-order valence-corrected chi connectivity index (χ3v) is 3.10. The van der Waals surface area contributed by atoms with Crippen LogP contribution in [-0.4, -0.2) is 43.5 Å². The van der Waals surface area contributed by atoms with Gasteiger partial charge in [0.15, 0.2) is 0 Å². The molecule has 0 aromatic rings. The van der Waals surface area contributed by atoms with Crippen LogP contribution in [0.25, 0.3) is 0 Å². The molecule has 4 nitrogen and oxygen atoms in total. The Morgan fingerprint density at radius 3 is 2.44 bits per heavy atom. The number of nitrogens with zero attached hydrogens (tertiary/aromatic N) is 1. The molecule has 0 aromatic carbocycles. The van der Waals surface area contributed by atoms with E-state index in [1.165, 1.54) is 6.42 Å². The van der Waals surface area contributed by atoms with Crippen molar-refractivity contribution in [1.82, 2.24) is 10.2 Å². The quantitative estimate of drug-likeness (QED) is 0.524. The van der Waals surface area contributed by atoms with E-state index in [1.807, 2.05) is 0 Å². The lowest BCUT2D eigenvalue weighted by Gasteiger charge is -2.19. The molecule has 0 bridgehead atoms. The van der Waals surface area contributed by atoms with E-state index in [9.17, 15) is 4.79 Å². The van der Waals surface area contributed by atoms with Crippen LogP contribution in [0, 0.1) is 0 Å². The number of amides is 1. The summed E-state index contributed by atoms with van der Waals surface area (Å²) in [6.07, 6.45) is 6.14. The largest absolute Gasteiger partial charge is 0.355 e. The Hall–Kier alpha value is -0.610. The van der Waals surface area contributed by atoms with Crippen molar-refractivity contribution in [3.63, 3.8) is 0 Å². The predicted octanol–water partition coefficient (Wildman–Crippen LogP) is 1.74. The normalized spacial score (nSPS) is 10.9. The highest BCUT2D eigenvalue weighted by Gasteiger charge is 2.03. The summed E-state index contributed by atoms with van der Waals surface area (Å²) < 4.78 is 0. The van der Waals surface area contributed by atoms with Crippen LogP contribution in [-0.2, 0) is 4.79 Å². The summed E-state index contributed by atoms with van der Waals surface area (Å²) in [6.45, 7) is 9.01. The van der Waals surface area contributed by atoms with Crippen LogP contribution in [0.3, 0.4) is 0 Å². The fourth-order valence-corrected chi connectivity index (χ4v) is 1.97. The Labute approximate surface area is 112 Å². The molecule has 0 rings (SSSR count). The Kier molecular flexibility index (Phi) is 12.4. The molecule has 18 heavy (non-hydrogen) atoms. The zero-order valence-electron chi connectivity index (χ0n) is 12.2. The topological polar surface area (TPSA) is 58.4 Å². The lowest BCUT2D eigenvalue weighted by molar-refractivity contribution is -0.121. The molecule has 0 saturated heterocycles. The van der Waals surface area contributed by atoms with Crippen molar-refractivity contribution in [1.29, 1.82) is 0 Å². The summed E-state index contributed by atoms with van der Waals surface area (Å²) in [5.74, 6) is 0.190. The van der Waals surface area contributed by atoms with Gasteiger partial charge in [0, 0.05) is 19.5 Å². The summed E-state index contributed by atoms with van der Waals surface area (Å²) in [6, 6.07) is 0. The fraction of sp³-hybridized carbons (Fsp3) is 0.929. The van der Waals surface area contributed by atoms with Crippen LogP contribution in [0.5, 0.6) is 0 Å². The summed E-state index contributed by atoms with van der Waals surface area (Å²) in [5.41, 5.74) is 5.42. The van der Waals surface area contributed by atoms with Crippen molar-refractivity contribution in [2.45, 2.75) is 52.4 Å². The van der Waals surface area contributed by atoms with Gasteiger partial charge in [0.05, 0.1) is 0 Å². The van der Waals surface area contributed by atoms with Crippen molar-refractivity contribution in [3.8, 4) is 0 Å². The highest BCUT2D eigenvalue weighted by Crippen LogP contribution is 2.01. The third-order valence-electron chi connectivity index (χ3n) is 3.10. The van der Waals surface area contributed by atoms with Crippen LogP contribution in [0.4, 0.5) is 0 Å². The van der Waals surface area contributed by atoms with Crippen LogP contribution < -0.4 is 11.1 Å². The minimum absolute atomic E-state index is 0.190. The van der Waals surface area contributed by atoms with E-state index in [1.54, 1.807) is 0 Å². The highest BCUT2D eigenvalue weighted by molar-refractivity contribution is 5.75. The minimum Gasteiger partial charge on any atom is -0.355 e. The lowest BCUT2D eigenvalue weighted by atomic mass is 10.1. The Morgan fingerprint density at radius 1 is 1.11 bits per heavy atom. The zero-order chi connectivity index (χ0) is 13.6. The molecule has 0 aromatic heterocycles. The van der Waals surface area contributed by atoms with Gasteiger partial charge >= 0.3 is 0 Å². The first-order valence-corrected chi connectivity index (χ1v) is 7.43. The second kappa shape index (κ2) is 12.8. The van der Waals surface area contributed by atoms with Gasteiger partial charge in [-0.2, -0.15) is 0 Å². The second-order valence-electron chi connectivity index (χ2n) is 4.74. The smallest absolute Gasteiger partial charge is 0.220 e.